The summed E-state index contributed by atoms with van der Waals surface area (Å²) >= 11 is 3.07. The number of imide groups is 1. The molecule has 3 rings (SSSR count). The predicted octanol–water partition coefficient (Wildman–Crippen LogP) is 3.27. The SMILES string of the molecule is O=C(CN1C(=O)NC2(CCC(F)(F)CC2)C1=O)c1ccc(Br)cc1F. The van der Waals surface area contributed by atoms with Crippen LogP contribution >= 0.6 is 15.9 Å². The van der Waals surface area contributed by atoms with Gasteiger partial charge < -0.3 is 5.32 Å². The van der Waals surface area contributed by atoms with Crippen LogP contribution in [0, 0.1) is 5.82 Å². The molecule has 1 heterocycles. The zero-order chi connectivity index (χ0) is 18.4. The van der Waals surface area contributed by atoms with Crippen LogP contribution in [0.5, 0.6) is 0 Å². The minimum Gasteiger partial charge on any atom is -0.323 e. The summed E-state index contributed by atoms with van der Waals surface area (Å²) in [7, 11) is 0. The van der Waals surface area contributed by atoms with Crippen molar-refractivity contribution in [3.05, 3.63) is 34.1 Å². The van der Waals surface area contributed by atoms with Crippen molar-refractivity contribution in [3.63, 3.8) is 0 Å². The number of carbonyl (C=O) groups excluding carboxylic acids is 3. The highest BCUT2D eigenvalue weighted by atomic mass is 79.9. The van der Waals surface area contributed by atoms with E-state index in [2.05, 4.69) is 21.2 Å². The number of hydrogen-bond acceptors (Lipinski definition) is 3. The second-order valence-electron chi connectivity index (χ2n) is 6.31. The highest BCUT2D eigenvalue weighted by Gasteiger charge is 2.55. The van der Waals surface area contributed by atoms with Crippen molar-refractivity contribution in [3.8, 4) is 0 Å². The molecule has 0 radical (unpaired) electrons. The number of hydrogen-bond donors (Lipinski definition) is 1. The number of amides is 3. The van der Waals surface area contributed by atoms with Gasteiger partial charge in [-0.2, -0.15) is 0 Å². The summed E-state index contributed by atoms with van der Waals surface area (Å²) < 4.78 is 41.0. The zero-order valence-electron chi connectivity index (χ0n) is 13.0. The van der Waals surface area contributed by atoms with Crippen LogP contribution < -0.4 is 5.32 Å². The summed E-state index contributed by atoms with van der Waals surface area (Å²) in [5, 5.41) is 2.44. The average molecular weight is 419 g/mol. The molecule has 0 aromatic heterocycles. The number of nitrogens with one attached hydrogen (secondary N) is 1. The molecule has 1 aliphatic heterocycles. The van der Waals surface area contributed by atoms with E-state index in [0.717, 1.165) is 6.07 Å². The fraction of sp³-hybridized carbons (Fsp3) is 0.438. The molecule has 25 heavy (non-hydrogen) atoms. The maximum absolute atomic E-state index is 13.9. The van der Waals surface area contributed by atoms with Crippen LogP contribution in [-0.4, -0.2) is 40.6 Å². The smallest absolute Gasteiger partial charge is 0.323 e. The van der Waals surface area contributed by atoms with Crippen LogP contribution in [0.4, 0.5) is 18.0 Å². The molecule has 1 saturated carbocycles. The number of carbonyl (C=O) groups is 3. The van der Waals surface area contributed by atoms with Crippen molar-refractivity contribution < 1.29 is 27.6 Å². The molecular weight excluding hydrogens is 405 g/mol. The Morgan fingerprint density at radius 2 is 1.84 bits per heavy atom. The van der Waals surface area contributed by atoms with Gasteiger partial charge in [-0.1, -0.05) is 15.9 Å². The Bertz CT molecular complexity index is 759. The minimum atomic E-state index is -2.86. The summed E-state index contributed by atoms with van der Waals surface area (Å²) in [5.41, 5.74) is -1.64. The van der Waals surface area contributed by atoms with Gasteiger partial charge in [0.15, 0.2) is 5.78 Å². The maximum atomic E-state index is 13.9. The van der Waals surface area contributed by atoms with Crippen LogP contribution in [0.25, 0.3) is 0 Å². The molecule has 1 saturated heterocycles. The van der Waals surface area contributed by atoms with E-state index in [1.165, 1.54) is 12.1 Å². The molecule has 1 N–H and O–H groups in total. The first-order chi connectivity index (χ1) is 11.6. The van der Waals surface area contributed by atoms with Crippen molar-refractivity contribution >= 4 is 33.7 Å². The number of rotatable bonds is 3. The largest absolute Gasteiger partial charge is 0.325 e. The fourth-order valence-corrected chi connectivity index (χ4v) is 3.48. The molecule has 5 nitrogen and oxygen atoms in total. The average Bonchev–Trinajstić information content (AvgIpc) is 2.75. The molecule has 0 bridgehead atoms. The Morgan fingerprint density at radius 1 is 1.20 bits per heavy atom. The van der Waals surface area contributed by atoms with Gasteiger partial charge in [0.1, 0.15) is 11.4 Å². The van der Waals surface area contributed by atoms with E-state index in [0.29, 0.717) is 9.37 Å². The van der Waals surface area contributed by atoms with E-state index in [1.54, 1.807) is 0 Å². The quantitative estimate of drug-likeness (QED) is 0.604. The van der Waals surface area contributed by atoms with Gasteiger partial charge in [-0.05, 0) is 31.0 Å². The van der Waals surface area contributed by atoms with E-state index < -0.39 is 54.4 Å². The first-order valence-electron chi connectivity index (χ1n) is 7.64. The number of ketones is 1. The lowest BCUT2D eigenvalue weighted by Gasteiger charge is -2.34. The molecule has 1 aliphatic carbocycles. The third kappa shape index (κ3) is 3.29. The zero-order valence-corrected chi connectivity index (χ0v) is 14.5. The Morgan fingerprint density at radius 3 is 2.44 bits per heavy atom. The van der Waals surface area contributed by atoms with E-state index in [-0.39, 0.29) is 18.4 Å². The second-order valence-corrected chi connectivity index (χ2v) is 7.22. The Hall–Kier alpha value is -1.90. The van der Waals surface area contributed by atoms with Gasteiger partial charge in [0.2, 0.25) is 5.92 Å². The highest BCUT2D eigenvalue weighted by molar-refractivity contribution is 9.10. The Labute approximate surface area is 149 Å². The molecule has 2 aliphatic rings. The normalized spacial score (nSPS) is 21.5. The van der Waals surface area contributed by atoms with Crippen molar-refractivity contribution in [1.29, 1.82) is 0 Å². The lowest BCUT2D eigenvalue weighted by Crippen LogP contribution is -2.51. The van der Waals surface area contributed by atoms with Gasteiger partial charge in [0.25, 0.3) is 5.91 Å². The lowest BCUT2D eigenvalue weighted by molar-refractivity contribution is -0.135. The van der Waals surface area contributed by atoms with Crippen LogP contribution in [0.15, 0.2) is 22.7 Å². The molecule has 1 aromatic rings. The maximum Gasteiger partial charge on any atom is 0.325 e. The second kappa shape index (κ2) is 6.12. The summed E-state index contributed by atoms with van der Waals surface area (Å²) in [6.07, 6.45) is -1.41. The summed E-state index contributed by atoms with van der Waals surface area (Å²) in [5.74, 6) is -5.09. The monoisotopic (exact) mass is 418 g/mol. The van der Waals surface area contributed by atoms with E-state index in [9.17, 15) is 27.6 Å². The van der Waals surface area contributed by atoms with E-state index >= 15 is 0 Å². The first kappa shape index (κ1) is 17.9. The number of halogens is 4. The van der Waals surface area contributed by atoms with Crippen molar-refractivity contribution in [2.24, 2.45) is 0 Å². The first-order valence-corrected chi connectivity index (χ1v) is 8.43. The van der Waals surface area contributed by atoms with Crippen LogP contribution in [0.3, 0.4) is 0 Å². The van der Waals surface area contributed by atoms with Gasteiger partial charge in [-0.3, -0.25) is 14.5 Å². The number of Topliss-reactive ketones (excluding diaryl/α,β-unsaturated/α-hetero) is 1. The Balaban J connectivity index is 1.76. The predicted molar refractivity (Wildman–Crippen MR) is 84.8 cm³/mol. The number of urea groups is 1. The van der Waals surface area contributed by atoms with Gasteiger partial charge in [0.05, 0.1) is 12.1 Å². The topological polar surface area (TPSA) is 66.5 Å². The lowest BCUT2D eigenvalue weighted by atomic mass is 9.80. The molecule has 1 aromatic carbocycles. The van der Waals surface area contributed by atoms with Gasteiger partial charge in [-0.25, -0.2) is 18.0 Å². The summed E-state index contributed by atoms with van der Waals surface area (Å²) in [6, 6.07) is 2.99. The number of alkyl halides is 2. The van der Waals surface area contributed by atoms with Gasteiger partial charge in [-0.15, -0.1) is 0 Å². The van der Waals surface area contributed by atoms with Crippen molar-refractivity contribution in [2.45, 2.75) is 37.1 Å². The minimum absolute atomic E-state index is 0.193. The molecule has 0 unspecified atom stereocenters. The Kier molecular flexibility index (Phi) is 4.38. The van der Waals surface area contributed by atoms with Crippen LogP contribution in [0.2, 0.25) is 0 Å². The molecule has 3 amide bonds. The standard InChI is InChI=1S/C16H14BrF3N2O3/c17-9-1-2-10(11(18)7-9)12(23)8-22-13(24)15(21-14(22)25)3-5-16(19,20)6-4-15/h1-2,7H,3-6,8H2,(H,21,25). The fourth-order valence-electron chi connectivity index (χ4n) is 3.15. The van der Waals surface area contributed by atoms with Crippen LogP contribution in [-0.2, 0) is 4.79 Å². The molecule has 0 atom stereocenters. The molecule has 134 valence electrons. The third-order valence-corrected chi connectivity index (χ3v) is 5.11. The summed E-state index contributed by atoms with van der Waals surface area (Å²) in [4.78, 5) is 37.6. The van der Waals surface area contributed by atoms with Crippen molar-refractivity contribution in [1.82, 2.24) is 10.2 Å². The molecule has 1 spiro atoms. The van der Waals surface area contributed by atoms with E-state index in [4.69, 9.17) is 0 Å². The van der Waals surface area contributed by atoms with E-state index in [1.807, 2.05) is 0 Å². The highest BCUT2D eigenvalue weighted by Crippen LogP contribution is 2.41. The van der Waals surface area contributed by atoms with Gasteiger partial charge >= 0.3 is 6.03 Å². The number of nitrogens with zero attached hydrogens (tertiary/aromatic N) is 1. The molecular formula is C16H14BrF3N2O3. The molecule has 9 heteroatoms. The van der Waals surface area contributed by atoms with Gasteiger partial charge in [0, 0.05) is 17.3 Å². The molecule has 2 fully saturated rings. The summed E-state index contributed by atoms with van der Waals surface area (Å²) in [6.45, 7) is -0.638. The number of benzene rings is 1. The third-order valence-electron chi connectivity index (χ3n) is 4.61. The van der Waals surface area contributed by atoms with Crippen LogP contribution in [0.1, 0.15) is 36.0 Å². The van der Waals surface area contributed by atoms with Crippen molar-refractivity contribution in [2.75, 3.05) is 6.54 Å².